The fourth-order valence-corrected chi connectivity index (χ4v) is 1.68. The first-order valence-corrected chi connectivity index (χ1v) is 5.28. The highest BCUT2D eigenvalue weighted by Crippen LogP contribution is 2.22. The third kappa shape index (κ3) is 3.32. The molecule has 0 unspecified atom stereocenters. The van der Waals surface area contributed by atoms with Gasteiger partial charge in [0.25, 0.3) is 0 Å². The Morgan fingerprint density at radius 1 is 1.53 bits per heavy atom. The van der Waals surface area contributed by atoms with E-state index in [0.717, 1.165) is 5.56 Å². The van der Waals surface area contributed by atoms with Crippen molar-refractivity contribution in [3.63, 3.8) is 0 Å². The van der Waals surface area contributed by atoms with Gasteiger partial charge in [0.15, 0.2) is 0 Å². The summed E-state index contributed by atoms with van der Waals surface area (Å²) in [5.41, 5.74) is 0.725. The number of benzene rings is 1. The zero-order chi connectivity index (χ0) is 12.8. The second kappa shape index (κ2) is 6.06. The first-order chi connectivity index (χ1) is 8.10. The van der Waals surface area contributed by atoms with Gasteiger partial charge in [0.1, 0.15) is 11.8 Å². The van der Waals surface area contributed by atoms with Gasteiger partial charge in [-0.3, -0.25) is 9.69 Å². The molecule has 0 bridgehead atoms. The molecule has 0 heterocycles. The van der Waals surface area contributed by atoms with Gasteiger partial charge in [-0.25, -0.2) is 0 Å². The van der Waals surface area contributed by atoms with E-state index in [9.17, 15) is 9.90 Å². The van der Waals surface area contributed by atoms with Crippen LogP contribution in [0, 0.1) is 0 Å². The van der Waals surface area contributed by atoms with Gasteiger partial charge in [-0.2, -0.15) is 0 Å². The molecule has 0 aliphatic carbocycles. The molecule has 1 rings (SSSR count). The van der Waals surface area contributed by atoms with Crippen molar-refractivity contribution >= 4 is 5.97 Å². The van der Waals surface area contributed by atoms with Crippen molar-refractivity contribution in [1.29, 1.82) is 0 Å². The Balaban J connectivity index is 2.96. The fraction of sp³-hybridized carbons (Fsp3) is 0.308. The number of hydrogen-bond donors (Lipinski definition) is 1. The highest BCUT2D eigenvalue weighted by atomic mass is 16.5. The smallest absolute Gasteiger partial charge is 0.325 e. The van der Waals surface area contributed by atoms with Gasteiger partial charge in [0, 0.05) is 6.54 Å². The molecule has 0 saturated heterocycles. The normalized spacial score (nSPS) is 12.2. The average Bonchev–Trinajstić information content (AvgIpc) is 2.30. The highest BCUT2D eigenvalue weighted by Gasteiger charge is 2.23. The molecule has 4 heteroatoms. The predicted molar refractivity (Wildman–Crippen MR) is 66.2 cm³/mol. The van der Waals surface area contributed by atoms with E-state index >= 15 is 0 Å². The Kier molecular flexibility index (Phi) is 4.72. The molecule has 17 heavy (non-hydrogen) atoms. The minimum absolute atomic E-state index is 0.517. The minimum Gasteiger partial charge on any atom is -0.497 e. The molecule has 1 N–H and O–H groups in total. The van der Waals surface area contributed by atoms with Crippen LogP contribution in [0.5, 0.6) is 5.75 Å². The second-order valence-electron chi connectivity index (χ2n) is 3.74. The Bertz CT molecular complexity index is 386. The summed E-state index contributed by atoms with van der Waals surface area (Å²) in [7, 11) is 3.33. The number of ether oxygens (including phenoxy) is 1. The Hall–Kier alpha value is -1.81. The molecule has 1 aromatic carbocycles. The number of carboxylic acid groups (broad SMARTS) is 1. The van der Waals surface area contributed by atoms with Crippen LogP contribution in [0.1, 0.15) is 11.6 Å². The number of carboxylic acids is 1. The zero-order valence-electron chi connectivity index (χ0n) is 10.1. The lowest BCUT2D eigenvalue weighted by molar-refractivity contribution is -0.142. The van der Waals surface area contributed by atoms with Gasteiger partial charge >= 0.3 is 5.97 Å². The summed E-state index contributed by atoms with van der Waals surface area (Å²) in [6.07, 6.45) is 1.68. The molecule has 0 fully saturated rings. The molecule has 0 amide bonds. The third-order valence-electron chi connectivity index (χ3n) is 2.52. The van der Waals surface area contributed by atoms with Crippen LogP contribution >= 0.6 is 0 Å². The predicted octanol–water partition coefficient (Wildman–Crippen LogP) is 1.94. The molecule has 0 aliphatic heterocycles. The van der Waals surface area contributed by atoms with Crippen molar-refractivity contribution in [3.05, 3.63) is 42.5 Å². The summed E-state index contributed by atoms with van der Waals surface area (Å²) in [4.78, 5) is 13.0. The zero-order valence-corrected chi connectivity index (χ0v) is 10.1. The summed E-state index contributed by atoms with van der Waals surface area (Å²) in [5, 5.41) is 9.24. The summed E-state index contributed by atoms with van der Waals surface area (Å²) < 4.78 is 5.04. The van der Waals surface area contributed by atoms with E-state index in [4.69, 9.17) is 4.74 Å². The Morgan fingerprint density at radius 2 is 2.12 bits per heavy atom. The van der Waals surface area contributed by atoms with Gasteiger partial charge in [-0.15, -0.1) is 6.58 Å². The van der Waals surface area contributed by atoms with E-state index in [0.29, 0.717) is 12.3 Å². The lowest BCUT2D eigenvalue weighted by Crippen LogP contribution is -2.30. The van der Waals surface area contributed by atoms with E-state index in [1.807, 2.05) is 0 Å². The maximum Gasteiger partial charge on any atom is 0.325 e. The quantitative estimate of drug-likeness (QED) is 0.765. The van der Waals surface area contributed by atoms with Crippen LogP contribution in [-0.4, -0.2) is 36.7 Å². The number of nitrogens with zero attached hydrogens (tertiary/aromatic N) is 1. The molecular formula is C13H17NO3. The maximum absolute atomic E-state index is 11.3. The highest BCUT2D eigenvalue weighted by molar-refractivity contribution is 5.75. The Labute approximate surface area is 101 Å². The summed E-state index contributed by atoms with van der Waals surface area (Å²) >= 11 is 0. The first kappa shape index (κ1) is 13.3. The van der Waals surface area contributed by atoms with Crippen LogP contribution in [0.15, 0.2) is 36.9 Å². The Morgan fingerprint density at radius 3 is 2.53 bits per heavy atom. The summed E-state index contributed by atoms with van der Waals surface area (Å²) in [5.74, 6) is -0.163. The van der Waals surface area contributed by atoms with Gasteiger partial charge < -0.3 is 9.84 Å². The molecule has 0 spiro atoms. The van der Waals surface area contributed by atoms with E-state index in [-0.39, 0.29) is 0 Å². The summed E-state index contributed by atoms with van der Waals surface area (Å²) in [6.45, 7) is 4.13. The van der Waals surface area contributed by atoms with Crippen molar-refractivity contribution in [2.75, 3.05) is 20.7 Å². The number of methoxy groups -OCH3 is 1. The van der Waals surface area contributed by atoms with Crippen LogP contribution in [0.2, 0.25) is 0 Å². The number of hydrogen-bond acceptors (Lipinski definition) is 3. The molecule has 0 radical (unpaired) electrons. The van der Waals surface area contributed by atoms with Crippen molar-refractivity contribution in [1.82, 2.24) is 4.90 Å². The van der Waals surface area contributed by atoms with E-state index < -0.39 is 12.0 Å². The molecule has 1 aromatic rings. The van der Waals surface area contributed by atoms with Crippen LogP contribution in [0.25, 0.3) is 0 Å². The molecule has 0 aromatic heterocycles. The molecule has 92 valence electrons. The number of rotatable bonds is 6. The topological polar surface area (TPSA) is 49.8 Å². The van der Waals surface area contributed by atoms with E-state index in [2.05, 4.69) is 6.58 Å². The third-order valence-corrected chi connectivity index (χ3v) is 2.52. The molecular weight excluding hydrogens is 218 g/mol. The summed E-state index contributed by atoms with van der Waals surface area (Å²) in [6, 6.07) is 6.37. The molecule has 1 atom stereocenters. The monoisotopic (exact) mass is 235 g/mol. The van der Waals surface area contributed by atoms with Gasteiger partial charge in [-0.1, -0.05) is 18.2 Å². The van der Waals surface area contributed by atoms with Crippen molar-refractivity contribution < 1.29 is 14.6 Å². The van der Waals surface area contributed by atoms with Crippen LogP contribution < -0.4 is 4.74 Å². The van der Waals surface area contributed by atoms with Gasteiger partial charge in [-0.05, 0) is 24.7 Å². The first-order valence-electron chi connectivity index (χ1n) is 5.28. The second-order valence-corrected chi connectivity index (χ2v) is 3.74. The lowest BCUT2D eigenvalue weighted by atomic mass is 10.1. The van der Waals surface area contributed by atoms with E-state index in [1.54, 1.807) is 49.4 Å². The number of carbonyl (C=O) groups is 1. The maximum atomic E-state index is 11.3. The van der Waals surface area contributed by atoms with Crippen LogP contribution in [0.3, 0.4) is 0 Å². The van der Waals surface area contributed by atoms with Crippen molar-refractivity contribution in [2.45, 2.75) is 6.04 Å². The van der Waals surface area contributed by atoms with Gasteiger partial charge in [0.2, 0.25) is 0 Å². The number of aliphatic carboxylic acids is 1. The van der Waals surface area contributed by atoms with Crippen molar-refractivity contribution in [2.24, 2.45) is 0 Å². The standard InChI is InChI=1S/C13H17NO3/c1-4-9-14(2)12(13(15)16)10-5-7-11(17-3)8-6-10/h4-8,12H,1,9H2,2-3H3,(H,15,16)/t12-/m1/s1. The average molecular weight is 235 g/mol. The van der Waals surface area contributed by atoms with Crippen LogP contribution in [-0.2, 0) is 4.79 Å². The molecule has 0 aliphatic rings. The molecule has 0 saturated carbocycles. The van der Waals surface area contributed by atoms with Crippen LogP contribution in [0.4, 0.5) is 0 Å². The SMILES string of the molecule is C=CCN(C)[C@@H](C(=O)O)c1ccc(OC)cc1. The van der Waals surface area contributed by atoms with Gasteiger partial charge in [0.05, 0.1) is 7.11 Å². The lowest BCUT2D eigenvalue weighted by Gasteiger charge is -2.23. The minimum atomic E-state index is -0.875. The van der Waals surface area contributed by atoms with Crippen molar-refractivity contribution in [3.8, 4) is 5.75 Å². The van der Waals surface area contributed by atoms with E-state index in [1.165, 1.54) is 0 Å². The molecule has 4 nitrogen and oxygen atoms in total. The largest absolute Gasteiger partial charge is 0.497 e. The fourth-order valence-electron chi connectivity index (χ4n) is 1.68. The number of likely N-dealkylation sites (N-methyl/N-ethyl adjacent to an activating group) is 1.